The number of aliphatic hydroxyl groups excluding tert-OH is 1. The highest BCUT2D eigenvalue weighted by Gasteiger charge is 2.13. The van der Waals surface area contributed by atoms with Gasteiger partial charge in [-0.1, -0.05) is 17.3 Å². The summed E-state index contributed by atoms with van der Waals surface area (Å²) in [5, 5.41) is 16.0. The zero-order valence-electron chi connectivity index (χ0n) is 10.4. The molecule has 19 heavy (non-hydrogen) atoms. The second-order valence-electron chi connectivity index (χ2n) is 3.88. The predicted molar refractivity (Wildman–Crippen MR) is 72.0 cm³/mol. The average Bonchev–Trinajstić information content (AvgIpc) is 2.98. The second-order valence-corrected chi connectivity index (χ2v) is 4.76. The maximum absolute atomic E-state index is 11.6. The minimum atomic E-state index is -0.747. The van der Waals surface area contributed by atoms with Gasteiger partial charge in [-0.15, -0.1) is 11.8 Å². The third-order valence-electron chi connectivity index (χ3n) is 2.62. The molecule has 2 aromatic rings. The third-order valence-corrected chi connectivity index (χ3v) is 3.36. The van der Waals surface area contributed by atoms with Crippen molar-refractivity contribution in [1.82, 2.24) is 10.5 Å². The predicted octanol–water partition coefficient (Wildman–Crippen LogP) is 1.86. The average molecular weight is 278 g/mol. The van der Waals surface area contributed by atoms with Gasteiger partial charge in [-0.05, 0) is 24.0 Å². The molecule has 0 saturated heterocycles. The van der Waals surface area contributed by atoms with E-state index in [0.29, 0.717) is 0 Å². The highest BCUT2D eigenvalue weighted by Crippen LogP contribution is 2.18. The second kappa shape index (κ2) is 6.40. The van der Waals surface area contributed by atoms with E-state index in [9.17, 15) is 9.90 Å². The smallest absolute Gasteiger partial charge is 0.289 e. The van der Waals surface area contributed by atoms with Gasteiger partial charge in [0.15, 0.2) is 0 Å². The summed E-state index contributed by atoms with van der Waals surface area (Å²) in [6.45, 7) is 0.123. The quantitative estimate of drug-likeness (QED) is 0.816. The molecule has 0 unspecified atom stereocenters. The van der Waals surface area contributed by atoms with E-state index in [2.05, 4.69) is 10.5 Å². The molecule has 0 aliphatic rings. The van der Waals surface area contributed by atoms with Crippen LogP contribution >= 0.6 is 11.8 Å². The summed E-state index contributed by atoms with van der Waals surface area (Å²) >= 11 is 1.64. The van der Waals surface area contributed by atoms with Gasteiger partial charge in [-0.25, -0.2) is 0 Å². The molecule has 1 atom stereocenters. The lowest BCUT2D eigenvalue weighted by Gasteiger charge is -2.11. The SMILES string of the molecule is CSc1ccc([C@@H](O)CNC(=O)c2ccno2)cc1. The van der Waals surface area contributed by atoms with E-state index in [4.69, 9.17) is 4.52 Å². The fraction of sp³-hybridized carbons (Fsp3) is 0.231. The summed E-state index contributed by atoms with van der Waals surface area (Å²) in [6, 6.07) is 9.02. The number of hydrogen-bond acceptors (Lipinski definition) is 5. The number of thioether (sulfide) groups is 1. The number of carbonyl (C=O) groups excluding carboxylic acids is 1. The van der Waals surface area contributed by atoms with Crippen molar-refractivity contribution in [3.05, 3.63) is 47.9 Å². The normalized spacial score (nSPS) is 12.1. The Morgan fingerprint density at radius 3 is 2.74 bits per heavy atom. The molecule has 0 aliphatic heterocycles. The van der Waals surface area contributed by atoms with Crippen LogP contribution in [0, 0.1) is 0 Å². The topological polar surface area (TPSA) is 75.4 Å². The molecule has 2 rings (SSSR count). The van der Waals surface area contributed by atoms with Crippen LogP contribution in [-0.2, 0) is 0 Å². The Labute approximate surface area is 115 Å². The molecule has 0 spiro atoms. The van der Waals surface area contributed by atoms with Crippen molar-refractivity contribution in [2.45, 2.75) is 11.0 Å². The van der Waals surface area contributed by atoms with Crippen LogP contribution in [0.15, 0.2) is 45.9 Å². The molecular weight excluding hydrogens is 264 g/mol. The van der Waals surface area contributed by atoms with Crippen LogP contribution in [0.25, 0.3) is 0 Å². The van der Waals surface area contributed by atoms with Gasteiger partial charge in [0.05, 0.1) is 12.3 Å². The van der Waals surface area contributed by atoms with E-state index in [-0.39, 0.29) is 12.3 Å². The number of amides is 1. The summed E-state index contributed by atoms with van der Waals surface area (Å²) in [4.78, 5) is 12.7. The Bertz CT molecular complexity index is 525. The summed E-state index contributed by atoms with van der Waals surface area (Å²) in [7, 11) is 0. The molecule has 1 amide bonds. The van der Waals surface area contributed by atoms with Crippen molar-refractivity contribution in [3.63, 3.8) is 0 Å². The summed E-state index contributed by atoms with van der Waals surface area (Å²) in [6.07, 6.45) is 2.64. The number of aliphatic hydroxyl groups is 1. The highest BCUT2D eigenvalue weighted by molar-refractivity contribution is 7.98. The molecule has 0 aliphatic carbocycles. The molecule has 1 heterocycles. The maximum Gasteiger partial charge on any atom is 0.289 e. The number of rotatable bonds is 5. The van der Waals surface area contributed by atoms with E-state index in [1.54, 1.807) is 11.8 Å². The van der Waals surface area contributed by atoms with Crippen molar-refractivity contribution >= 4 is 17.7 Å². The van der Waals surface area contributed by atoms with Gasteiger partial charge >= 0.3 is 0 Å². The number of hydrogen-bond donors (Lipinski definition) is 2. The van der Waals surface area contributed by atoms with E-state index in [0.717, 1.165) is 10.5 Å². The van der Waals surface area contributed by atoms with E-state index >= 15 is 0 Å². The molecule has 6 heteroatoms. The molecular formula is C13H14N2O3S. The van der Waals surface area contributed by atoms with Crippen LogP contribution in [0.5, 0.6) is 0 Å². The first-order chi connectivity index (χ1) is 9.20. The van der Waals surface area contributed by atoms with Crippen LogP contribution in [-0.4, -0.2) is 29.0 Å². The van der Waals surface area contributed by atoms with E-state index in [1.807, 2.05) is 30.5 Å². The van der Waals surface area contributed by atoms with E-state index < -0.39 is 12.0 Å². The van der Waals surface area contributed by atoms with Crippen molar-refractivity contribution in [1.29, 1.82) is 0 Å². The van der Waals surface area contributed by atoms with E-state index in [1.165, 1.54) is 12.3 Å². The van der Waals surface area contributed by atoms with Gasteiger partial charge < -0.3 is 14.9 Å². The minimum absolute atomic E-state index is 0.123. The summed E-state index contributed by atoms with van der Waals surface area (Å²) < 4.78 is 4.72. The standard InChI is InChI=1S/C13H14N2O3S/c1-19-10-4-2-9(3-5-10)11(16)8-14-13(17)12-6-7-15-18-12/h2-7,11,16H,8H2,1H3,(H,14,17)/t11-/m0/s1. The Morgan fingerprint density at radius 1 is 1.42 bits per heavy atom. The van der Waals surface area contributed by atoms with Crippen LogP contribution in [0.4, 0.5) is 0 Å². The first-order valence-corrected chi connectivity index (χ1v) is 6.94. The lowest BCUT2D eigenvalue weighted by Crippen LogP contribution is -2.28. The molecule has 0 fully saturated rings. The monoisotopic (exact) mass is 278 g/mol. The lowest BCUT2D eigenvalue weighted by atomic mass is 10.1. The lowest BCUT2D eigenvalue weighted by molar-refractivity contribution is 0.0880. The fourth-order valence-electron chi connectivity index (χ4n) is 1.55. The van der Waals surface area contributed by atoms with Crippen LogP contribution in [0.2, 0.25) is 0 Å². The zero-order valence-corrected chi connectivity index (χ0v) is 11.2. The van der Waals surface area contributed by atoms with Crippen molar-refractivity contribution < 1.29 is 14.4 Å². The fourth-order valence-corrected chi connectivity index (χ4v) is 1.96. The van der Waals surface area contributed by atoms with Gasteiger partial charge in [0.1, 0.15) is 0 Å². The molecule has 1 aromatic heterocycles. The van der Waals surface area contributed by atoms with Gasteiger partial charge in [-0.3, -0.25) is 4.79 Å². The van der Waals surface area contributed by atoms with Crippen LogP contribution < -0.4 is 5.32 Å². The van der Waals surface area contributed by atoms with Crippen molar-refractivity contribution in [2.75, 3.05) is 12.8 Å². The Hall–Kier alpha value is -1.79. The van der Waals surface area contributed by atoms with Crippen LogP contribution in [0.3, 0.4) is 0 Å². The molecule has 5 nitrogen and oxygen atoms in total. The Morgan fingerprint density at radius 2 is 2.16 bits per heavy atom. The summed E-state index contributed by atoms with van der Waals surface area (Å²) in [5.41, 5.74) is 0.760. The molecule has 0 saturated carbocycles. The van der Waals surface area contributed by atoms with Crippen molar-refractivity contribution in [2.24, 2.45) is 0 Å². The molecule has 100 valence electrons. The number of aromatic nitrogens is 1. The largest absolute Gasteiger partial charge is 0.387 e. The molecule has 2 N–H and O–H groups in total. The van der Waals surface area contributed by atoms with Gasteiger partial charge in [0, 0.05) is 17.5 Å². The summed E-state index contributed by atoms with van der Waals surface area (Å²) in [5.74, 6) is -0.262. The zero-order chi connectivity index (χ0) is 13.7. The number of carbonyl (C=O) groups is 1. The molecule has 0 radical (unpaired) electrons. The first kappa shape index (κ1) is 13.6. The van der Waals surface area contributed by atoms with Gasteiger partial charge in [0.2, 0.25) is 5.76 Å². The van der Waals surface area contributed by atoms with Gasteiger partial charge in [0.25, 0.3) is 5.91 Å². The minimum Gasteiger partial charge on any atom is -0.387 e. The number of benzene rings is 1. The first-order valence-electron chi connectivity index (χ1n) is 5.71. The third kappa shape index (κ3) is 3.59. The van der Waals surface area contributed by atoms with Crippen LogP contribution in [0.1, 0.15) is 22.2 Å². The number of nitrogens with zero attached hydrogens (tertiary/aromatic N) is 1. The Balaban J connectivity index is 1.90. The van der Waals surface area contributed by atoms with Crippen molar-refractivity contribution in [3.8, 4) is 0 Å². The highest BCUT2D eigenvalue weighted by atomic mass is 32.2. The molecule has 0 bridgehead atoms. The Kier molecular flexibility index (Phi) is 4.59. The van der Waals surface area contributed by atoms with Gasteiger partial charge in [-0.2, -0.15) is 0 Å². The maximum atomic E-state index is 11.6. The molecule has 1 aromatic carbocycles. The number of nitrogens with one attached hydrogen (secondary N) is 1.